The maximum Gasteiger partial charge on any atom is 0.252 e. The second-order valence-corrected chi connectivity index (χ2v) is 4.55. The number of rotatable bonds is 4. The zero-order valence-electron chi connectivity index (χ0n) is 9.81. The number of amides is 1. The van der Waals surface area contributed by atoms with Crippen LogP contribution in [0, 0.1) is 6.92 Å². The molecule has 2 rings (SSSR count). The highest BCUT2D eigenvalue weighted by Crippen LogP contribution is 2.15. The summed E-state index contributed by atoms with van der Waals surface area (Å²) in [7, 11) is 0. The molecule has 0 radical (unpaired) electrons. The van der Waals surface area contributed by atoms with Crippen LogP contribution in [0.1, 0.15) is 22.1 Å². The van der Waals surface area contributed by atoms with E-state index in [0.717, 1.165) is 4.47 Å². The first-order chi connectivity index (χ1) is 8.66. The van der Waals surface area contributed by atoms with Crippen molar-refractivity contribution in [2.45, 2.75) is 13.3 Å². The third kappa shape index (κ3) is 3.16. The minimum absolute atomic E-state index is 0.126. The van der Waals surface area contributed by atoms with Crippen molar-refractivity contribution in [1.29, 1.82) is 0 Å². The molecule has 5 nitrogen and oxygen atoms in total. The number of nitrogens with one attached hydrogen (secondary N) is 1. The Labute approximate surface area is 113 Å². The Hall–Kier alpha value is -1.69. The molecule has 0 saturated carbocycles. The summed E-state index contributed by atoms with van der Waals surface area (Å²) in [6, 6.07) is 7.27. The van der Waals surface area contributed by atoms with Gasteiger partial charge in [0.2, 0.25) is 11.8 Å². The summed E-state index contributed by atoms with van der Waals surface area (Å²) in [4.78, 5) is 11.9. The predicted octanol–water partition coefficient (Wildman–Crippen LogP) is 2.11. The van der Waals surface area contributed by atoms with Crippen LogP contribution in [0.15, 0.2) is 33.2 Å². The van der Waals surface area contributed by atoms with Gasteiger partial charge in [-0.2, -0.15) is 0 Å². The zero-order valence-corrected chi connectivity index (χ0v) is 11.4. The van der Waals surface area contributed by atoms with Gasteiger partial charge in [-0.1, -0.05) is 12.1 Å². The first-order valence-electron chi connectivity index (χ1n) is 5.48. The van der Waals surface area contributed by atoms with Crippen LogP contribution in [0.2, 0.25) is 0 Å². The molecule has 6 heteroatoms. The number of hydrogen-bond donors (Lipinski definition) is 1. The third-order valence-corrected chi connectivity index (χ3v) is 3.00. The third-order valence-electron chi connectivity index (χ3n) is 2.31. The lowest BCUT2D eigenvalue weighted by molar-refractivity contribution is 0.0953. The Bertz CT molecular complexity index is 554. The maximum absolute atomic E-state index is 11.9. The lowest BCUT2D eigenvalue weighted by Crippen LogP contribution is -2.26. The molecule has 0 atom stereocenters. The van der Waals surface area contributed by atoms with Gasteiger partial charge in [0.05, 0.1) is 5.56 Å². The van der Waals surface area contributed by atoms with Gasteiger partial charge in [-0.15, -0.1) is 10.2 Å². The van der Waals surface area contributed by atoms with Crippen LogP contribution >= 0.6 is 15.9 Å². The quantitative estimate of drug-likeness (QED) is 0.939. The molecule has 0 aliphatic carbocycles. The Morgan fingerprint density at radius 1 is 1.39 bits per heavy atom. The zero-order chi connectivity index (χ0) is 13.0. The highest BCUT2D eigenvalue weighted by atomic mass is 79.9. The van der Waals surface area contributed by atoms with Crippen LogP contribution in [0.5, 0.6) is 0 Å². The molecule has 0 bridgehead atoms. The highest BCUT2D eigenvalue weighted by molar-refractivity contribution is 9.10. The summed E-state index contributed by atoms with van der Waals surface area (Å²) in [5.74, 6) is 0.931. The molecule has 1 aromatic heterocycles. The van der Waals surface area contributed by atoms with Crippen molar-refractivity contribution in [1.82, 2.24) is 15.5 Å². The molecule has 0 unspecified atom stereocenters. The predicted molar refractivity (Wildman–Crippen MR) is 69.2 cm³/mol. The Morgan fingerprint density at radius 2 is 2.17 bits per heavy atom. The second-order valence-electron chi connectivity index (χ2n) is 3.70. The van der Waals surface area contributed by atoms with E-state index in [0.29, 0.717) is 30.3 Å². The summed E-state index contributed by atoms with van der Waals surface area (Å²) in [6.07, 6.45) is 0.525. The average Bonchev–Trinajstić information content (AvgIpc) is 2.75. The van der Waals surface area contributed by atoms with E-state index in [1.54, 1.807) is 13.0 Å². The van der Waals surface area contributed by atoms with E-state index in [2.05, 4.69) is 31.4 Å². The molecular formula is C12H12BrN3O2. The maximum atomic E-state index is 11.9. The van der Waals surface area contributed by atoms with Crippen molar-refractivity contribution >= 4 is 21.8 Å². The Balaban J connectivity index is 1.87. The van der Waals surface area contributed by atoms with Crippen molar-refractivity contribution in [3.8, 4) is 0 Å². The van der Waals surface area contributed by atoms with Gasteiger partial charge in [0.1, 0.15) is 0 Å². The van der Waals surface area contributed by atoms with Gasteiger partial charge in [0, 0.05) is 24.4 Å². The number of aryl methyl sites for hydroxylation is 1. The number of benzene rings is 1. The highest BCUT2D eigenvalue weighted by Gasteiger charge is 2.09. The summed E-state index contributed by atoms with van der Waals surface area (Å²) < 4.78 is 5.99. The molecule has 2 aromatic rings. The van der Waals surface area contributed by atoms with E-state index in [-0.39, 0.29) is 5.91 Å². The van der Waals surface area contributed by atoms with Gasteiger partial charge in [-0.25, -0.2) is 0 Å². The second kappa shape index (κ2) is 5.77. The van der Waals surface area contributed by atoms with Gasteiger partial charge in [-0.05, 0) is 28.1 Å². The molecule has 0 spiro atoms. The van der Waals surface area contributed by atoms with Crippen LogP contribution < -0.4 is 5.32 Å². The van der Waals surface area contributed by atoms with Gasteiger partial charge < -0.3 is 9.73 Å². The Kier molecular flexibility index (Phi) is 4.09. The molecule has 0 fully saturated rings. The van der Waals surface area contributed by atoms with Gasteiger partial charge in [-0.3, -0.25) is 4.79 Å². The smallest absolute Gasteiger partial charge is 0.252 e. The fraction of sp³-hybridized carbons (Fsp3) is 0.250. The van der Waals surface area contributed by atoms with Gasteiger partial charge >= 0.3 is 0 Å². The number of halogens is 1. The SMILES string of the molecule is Cc1nnc(CCNC(=O)c2ccccc2Br)o1. The van der Waals surface area contributed by atoms with Crippen LogP contribution in [-0.2, 0) is 6.42 Å². The van der Waals surface area contributed by atoms with Crippen molar-refractivity contribution in [2.24, 2.45) is 0 Å². The molecule has 0 aliphatic rings. The minimum atomic E-state index is -0.126. The van der Waals surface area contributed by atoms with Crippen molar-refractivity contribution in [3.63, 3.8) is 0 Å². The molecule has 18 heavy (non-hydrogen) atoms. The molecule has 94 valence electrons. The van der Waals surface area contributed by atoms with E-state index in [1.165, 1.54) is 0 Å². The fourth-order valence-electron chi connectivity index (χ4n) is 1.46. The number of carbonyl (C=O) groups is 1. The normalized spacial score (nSPS) is 10.3. The number of hydrogen-bond acceptors (Lipinski definition) is 4. The van der Waals surface area contributed by atoms with Gasteiger partial charge in [0.25, 0.3) is 5.91 Å². The van der Waals surface area contributed by atoms with E-state index >= 15 is 0 Å². The van der Waals surface area contributed by atoms with Crippen molar-refractivity contribution in [2.75, 3.05) is 6.54 Å². The molecule has 0 saturated heterocycles. The molecular weight excluding hydrogens is 298 g/mol. The molecule has 1 N–H and O–H groups in total. The van der Waals surface area contributed by atoms with E-state index in [4.69, 9.17) is 4.42 Å². The van der Waals surface area contributed by atoms with E-state index < -0.39 is 0 Å². The molecule has 1 amide bonds. The molecule has 1 heterocycles. The molecule has 0 aliphatic heterocycles. The number of nitrogens with zero attached hydrogens (tertiary/aromatic N) is 2. The summed E-state index contributed by atoms with van der Waals surface area (Å²) in [5.41, 5.74) is 0.610. The van der Waals surface area contributed by atoms with Crippen molar-refractivity contribution in [3.05, 3.63) is 46.1 Å². The lowest BCUT2D eigenvalue weighted by Gasteiger charge is -2.05. The van der Waals surface area contributed by atoms with E-state index in [9.17, 15) is 4.79 Å². The molecule has 1 aromatic carbocycles. The number of aromatic nitrogens is 2. The summed E-state index contributed by atoms with van der Waals surface area (Å²) >= 11 is 3.34. The Morgan fingerprint density at radius 3 is 2.83 bits per heavy atom. The summed E-state index contributed by atoms with van der Waals surface area (Å²) in [5, 5.41) is 10.4. The minimum Gasteiger partial charge on any atom is -0.426 e. The number of carbonyl (C=O) groups excluding carboxylic acids is 1. The lowest BCUT2D eigenvalue weighted by atomic mass is 10.2. The monoisotopic (exact) mass is 309 g/mol. The topological polar surface area (TPSA) is 68.0 Å². The fourth-order valence-corrected chi connectivity index (χ4v) is 1.93. The standard InChI is InChI=1S/C12H12BrN3O2/c1-8-15-16-11(18-8)6-7-14-12(17)9-4-2-3-5-10(9)13/h2-5H,6-7H2,1H3,(H,14,17). The van der Waals surface area contributed by atoms with E-state index in [1.807, 2.05) is 18.2 Å². The first kappa shape index (κ1) is 12.8. The van der Waals surface area contributed by atoms with Crippen LogP contribution in [0.4, 0.5) is 0 Å². The summed E-state index contributed by atoms with van der Waals surface area (Å²) in [6.45, 7) is 2.19. The largest absolute Gasteiger partial charge is 0.426 e. The van der Waals surface area contributed by atoms with Crippen LogP contribution in [0.25, 0.3) is 0 Å². The van der Waals surface area contributed by atoms with Gasteiger partial charge in [0.15, 0.2) is 0 Å². The van der Waals surface area contributed by atoms with Crippen LogP contribution in [-0.4, -0.2) is 22.6 Å². The average molecular weight is 310 g/mol. The first-order valence-corrected chi connectivity index (χ1v) is 6.28. The van der Waals surface area contributed by atoms with Crippen molar-refractivity contribution < 1.29 is 9.21 Å². The van der Waals surface area contributed by atoms with Crippen LogP contribution in [0.3, 0.4) is 0 Å².